The van der Waals surface area contributed by atoms with Gasteiger partial charge in [-0.3, -0.25) is 9.59 Å². The van der Waals surface area contributed by atoms with E-state index >= 15 is 0 Å². The lowest BCUT2D eigenvalue weighted by molar-refractivity contribution is 0.0928. The minimum Gasteiger partial charge on any atom is -0.486 e. The van der Waals surface area contributed by atoms with Crippen molar-refractivity contribution in [2.45, 2.75) is 19.6 Å². The molecule has 2 aromatic heterocycles. The lowest BCUT2D eigenvalue weighted by atomic mass is 10.0. The molecule has 1 amide bonds. The van der Waals surface area contributed by atoms with E-state index < -0.39 is 11.9 Å². The fourth-order valence-electron chi connectivity index (χ4n) is 3.07. The predicted octanol–water partition coefficient (Wildman–Crippen LogP) is 4.57. The number of ether oxygens (including phenoxy) is 1. The summed E-state index contributed by atoms with van der Waals surface area (Å²) in [6.45, 7) is 1.56. The number of carbonyl (C=O) groups is 2. The van der Waals surface area contributed by atoms with Crippen LogP contribution in [0.3, 0.4) is 0 Å². The highest BCUT2D eigenvalue weighted by Gasteiger charge is 2.22. The summed E-state index contributed by atoms with van der Waals surface area (Å²) in [5.41, 5.74) is 1.56. The Kier molecular flexibility index (Phi) is 5.93. The Morgan fingerprint density at radius 2 is 1.87 bits per heavy atom. The minimum absolute atomic E-state index is 0.0476. The van der Waals surface area contributed by atoms with Crippen LogP contribution in [0.4, 0.5) is 0 Å². The molecule has 0 saturated heterocycles. The van der Waals surface area contributed by atoms with E-state index in [1.807, 2.05) is 30.3 Å². The maximum atomic E-state index is 12.8. The number of benzene rings is 2. The average molecular weight is 416 g/mol. The van der Waals surface area contributed by atoms with Crippen molar-refractivity contribution in [1.82, 2.24) is 10.5 Å². The van der Waals surface area contributed by atoms with Crippen LogP contribution in [-0.4, -0.2) is 16.8 Å². The summed E-state index contributed by atoms with van der Waals surface area (Å²) in [4.78, 5) is 24.3. The van der Waals surface area contributed by atoms with Crippen LogP contribution in [0, 0.1) is 0 Å². The van der Waals surface area contributed by atoms with Gasteiger partial charge in [-0.15, -0.1) is 0 Å². The quantitative estimate of drug-likeness (QED) is 0.423. The van der Waals surface area contributed by atoms with E-state index in [2.05, 4.69) is 10.5 Å². The maximum Gasteiger partial charge on any atom is 0.274 e. The highest BCUT2D eigenvalue weighted by molar-refractivity contribution is 5.94. The minimum atomic E-state index is -0.463. The second-order valence-electron chi connectivity index (χ2n) is 6.88. The Morgan fingerprint density at radius 1 is 1.03 bits per heavy atom. The number of ketones is 1. The molecule has 4 rings (SSSR count). The molecule has 0 saturated carbocycles. The molecule has 0 radical (unpaired) electrons. The summed E-state index contributed by atoms with van der Waals surface area (Å²) in [6, 6.07) is 21.0. The van der Waals surface area contributed by atoms with E-state index in [1.165, 1.54) is 13.0 Å². The monoisotopic (exact) mass is 416 g/mol. The van der Waals surface area contributed by atoms with Crippen molar-refractivity contribution in [1.29, 1.82) is 0 Å². The van der Waals surface area contributed by atoms with Crippen molar-refractivity contribution < 1.29 is 23.3 Å². The number of nitrogens with zero attached hydrogens (tertiary/aromatic N) is 1. The standard InChI is InChI=1S/C24H20N2O5/c1-16(27)18-9-5-10-19(13-18)30-15-20-14-21(26-31-20)24(28)25-23(22-11-6-12-29-22)17-7-3-2-4-8-17/h2-14,23H,15H2,1H3,(H,25,28). The lowest BCUT2D eigenvalue weighted by Gasteiger charge is -2.16. The second-order valence-corrected chi connectivity index (χ2v) is 6.88. The molecule has 7 heteroatoms. The van der Waals surface area contributed by atoms with Crippen LogP contribution in [0.5, 0.6) is 5.75 Å². The number of aromatic nitrogens is 1. The average Bonchev–Trinajstić information content (AvgIpc) is 3.49. The molecule has 1 unspecified atom stereocenters. The first-order valence-corrected chi connectivity index (χ1v) is 9.69. The molecule has 0 aliphatic heterocycles. The Balaban J connectivity index is 1.44. The molecule has 0 aliphatic carbocycles. The van der Waals surface area contributed by atoms with E-state index in [0.29, 0.717) is 22.8 Å². The third kappa shape index (κ3) is 4.90. The van der Waals surface area contributed by atoms with Crippen LogP contribution in [0.2, 0.25) is 0 Å². The van der Waals surface area contributed by atoms with E-state index in [9.17, 15) is 9.59 Å². The number of hydrogen-bond acceptors (Lipinski definition) is 6. The molecule has 2 heterocycles. The molecule has 0 bridgehead atoms. The first kappa shape index (κ1) is 20.2. The third-order valence-corrected chi connectivity index (χ3v) is 4.65. The fourth-order valence-corrected chi connectivity index (χ4v) is 3.07. The topological polar surface area (TPSA) is 94.6 Å². The first-order chi connectivity index (χ1) is 15.1. The number of rotatable bonds is 8. The zero-order valence-electron chi connectivity index (χ0n) is 16.8. The van der Waals surface area contributed by atoms with Crippen LogP contribution in [0.15, 0.2) is 88.0 Å². The molecule has 31 heavy (non-hydrogen) atoms. The molecule has 7 nitrogen and oxygen atoms in total. The van der Waals surface area contributed by atoms with Gasteiger partial charge in [-0.05, 0) is 36.8 Å². The summed E-state index contributed by atoms with van der Waals surface area (Å²) in [5, 5.41) is 6.78. The van der Waals surface area contributed by atoms with E-state index in [-0.39, 0.29) is 18.1 Å². The van der Waals surface area contributed by atoms with Crippen LogP contribution in [0.1, 0.15) is 50.9 Å². The van der Waals surface area contributed by atoms with Crippen molar-refractivity contribution in [3.05, 3.63) is 107 Å². The van der Waals surface area contributed by atoms with E-state index in [0.717, 1.165) is 5.56 Å². The van der Waals surface area contributed by atoms with Crippen LogP contribution >= 0.6 is 0 Å². The van der Waals surface area contributed by atoms with Gasteiger partial charge in [0.15, 0.2) is 17.2 Å². The van der Waals surface area contributed by atoms with Gasteiger partial charge in [0, 0.05) is 11.6 Å². The van der Waals surface area contributed by atoms with Gasteiger partial charge >= 0.3 is 0 Å². The van der Waals surface area contributed by atoms with Gasteiger partial charge in [-0.1, -0.05) is 47.6 Å². The van der Waals surface area contributed by atoms with Gasteiger partial charge in [0.1, 0.15) is 24.2 Å². The van der Waals surface area contributed by atoms with Gasteiger partial charge < -0.3 is 19.0 Å². The molecular weight excluding hydrogens is 396 g/mol. The van der Waals surface area contributed by atoms with Gasteiger partial charge in [-0.25, -0.2) is 0 Å². The van der Waals surface area contributed by atoms with Gasteiger partial charge in [0.25, 0.3) is 5.91 Å². The normalized spacial score (nSPS) is 11.6. The molecule has 1 atom stereocenters. The summed E-state index contributed by atoms with van der Waals surface area (Å²) in [6.07, 6.45) is 1.56. The molecule has 156 valence electrons. The smallest absolute Gasteiger partial charge is 0.274 e. The van der Waals surface area contributed by atoms with E-state index in [4.69, 9.17) is 13.7 Å². The van der Waals surface area contributed by atoms with Crippen LogP contribution < -0.4 is 10.1 Å². The number of furan rings is 1. The Hall–Kier alpha value is -4.13. The van der Waals surface area contributed by atoms with Crippen LogP contribution in [0.25, 0.3) is 0 Å². The van der Waals surface area contributed by atoms with Crippen molar-refractivity contribution in [3.8, 4) is 5.75 Å². The SMILES string of the molecule is CC(=O)c1cccc(OCc2cc(C(=O)NC(c3ccccc3)c3ccco3)no2)c1. The summed E-state index contributed by atoms with van der Waals surface area (Å²) >= 11 is 0. The lowest BCUT2D eigenvalue weighted by Crippen LogP contribution is -2.29. The van der Waals surface area contributed by atoms with Crippen molar-refractivity contribution >= 4 is 11.7 Å². The zero-order chi connectivity index (χ0) is 21.6. The summed E-state index contributed by atoms with van der Waals surface area (Å²) < 4.78 is 16.4. The molecule has 0 spiro atoms. The number of hydrogen-bond donors (Lipinski definition) is 1. The number of nitrogens with one attached hydrogen (secondary N) is 1. The maximum absolute atomic E-state index is 12.8. The largest absolute Gasteiger partial charge is 0.486 e. The molecule has 2 aromatic carbocycles. The number of Topliss-reactive ketones (excluding diaryl/α,β-unsaturated/α-hetero) is 1. The Labute approximate surface area is 178 Å². The highest BCUT2D eigenvalue weighted by Crippen LogP contribution is 2.23. The first-order valence-electron chi connectivity index (χ1n) is 9.69. The zero-order valence-corrected chi connectivity index (χ0v) is 16.8. The highest BCUT2D eigenvalue weighted by atomic mass is 16.5. The molecule has 0 aliphatic rings. The summed E-state index contributed by atoms with van der Waals surface area (Å²) in [5.74, 6) is 1.06. The number of amides is 1. The Morgan fingerprint density at radius 3 is 2.61 bits per heavy atom. The molecular formula is C24H20N2O5. The second kappa shape index (κ2) is 9.13. The fraction of sp³-hybridized carbons (Fsp3) is 0.125. The number of carbonyl (C=O) groups excluding carboxylic acids is 2. The van der Waals surface area contributed by atoms with Crippen LogP contribution in [-0.2, 0) is 6.61 Å². The van der Waals surface area contributed by atoms with Gasteiger partial charge in [-0.2, -0.15) is 0 Å². The van der Waals surface area contributed by atoms with Gasteiger partial charge in [0.05, 0.1) is 6.26 Å². The summed E-state index contributed by atoms with van der Waals surface area (Å²) in [7, 11) is 0. The molecule has 0 fully saturated rings. The third-order valence-electron chi connectivity index (χ3n) is 4.65. The van der Waals surface area contributed by atoms with Crippen molar-refractivity contribution in [3.63, 3.8) is 0 Å². The van der Waals surface area contributed by atoms with Crippen molar-refractivity contribution in [2.75, 3.05) is 0 Å². The predicted molar refractivity (Wildman–Crippen MR) is 112 cm³/mol. The van der Waals surface area contributed by atoms with Gasteiger partial charge in [0.2, 0.25) is 0 Å². The Bertz CT molecular complexity index is 1170. The van der Waals surface area contributed by atoms with Crippen molar-refractivity contribution in [2.24, 2.45) is 0 Å². The van der Waals surface area contributed by atoms with E-state index in [1.54, 1.807) is 42.7 Å². The molecule has 4 aromatic rings. The molecule has 1 N–H and O–H groups in total.